The highest BCUT2D eigenvalue weighted by Crippen LogP contribution is 1.97. The van der Waals surface area contributed by atoms with Gasteiger partial charge in [-0.1, -0.05) is 29.4 Å². The van der Waals surface area contributed by atoms with Crippen LogP contribution in [0.5, 0.6) is 0 Å². The van der Waals surface area contributed by atoms with Crippen molar-refractivity contribution in [1.29, 1.82) is 0 Å². The molecular weight excluding hydrogens is 236 g/mol. The first-order chi connectivity index (χ1) is 6.04. The van der Waals surface area contributed by atoms with Crippen LogP contribution in [0, 0.1) is 0 Å². The van der Waals surface area contributed by atoms with Gasteiger partial charge in [-0.2, -0.15) is 0 Å². The molecule has 3 nitrogen and oxygen atoms in total. The van der Waals surface area contributed by atoms with E-state index in [1.807, 2.05) is 6.92 Å². The molecule has 1 unspecified atom stereocenters. The van der Waals surface area contributed by atoms with E-state index in [-0.39, 0.29) is 12.6 Å². The van der Waals surface area contributed by atoms with Crippen LogP contribution < -0.4 is 0 Å². The summed E-state index contributed by atoms with van der Waals surface area (Å²) in [6.45, 7) is 8.38. The van der Waals surface area contributed by atoms with Gasteiger partial charge in [0.05, 0.1) is 13.2 Å². The largest absolute Gasteiger partial charge is 0.460 e. The van der Waals surface area contributed by atoms with Gasteiger partial charge in [-0.3, -0.25) is 0 Å². The first-order valence-electron chi connectivity index (χ1n) is 4.08. The van der Waals surface area contributed by atoms with Crippen molar-refractivity contribution >= 4 is 21.9 Å². The van der Waals surface area contributed by atoms with E-state index in [1.54, 1.807) is 6.92 Å². The van der Waals surface area contributed by atoms with Crippen molar-refractivity contribution < 1.29 is 14.3 Å². The van der Waals surface area contributed by atoms with Crippen LogP contribution in [-0.2, 0) is 14.3 Å². The Balaban J connectivity index is 3.26. The summed E-state index contributed by atoms with van der Waals surface area (Å²) in [6, 6.07) is 0. The number of carbonyl (C=O) groups is 1. The van der Waals surface area contributed by atoms with E-state index in [2.05, 4.69) is 22.5 Å². The van der Waals surface area contributed by atoms with Gasteiger partial charge >= 0.3 is 5.97 Å². The van der Waals surface area contributed by atoms with Crippen LogP contribution in [-0.4, -0.2) is 30.6 Å². The maximum absolute atomic E-state index is 10.9. The second-order valence-electron chi connectivity index (χ2n) is 2.77. The van der Waals surface area contributed by atoms with E-state index in [4.69, 9.17) is 9.47 Å². The molecule has 0 saturated carbocycles. The van der Waals surface area contributed by atoms with E-state index in [0.29, 0.717) is 23.6 Å². The third kappa shape index (κ3) is 7.99. The Hall–Kier alpha value is -0.350. The molecule has 0 aliphatic carbocycles. The summed E-state index contributed by atoms with van der Waals surface area (Å²) in [5, 5.41) is 0. The lowest BCUT2D eigenvalue weighted by atomic mass is 10.4. The molecule has 0 bridgehead atoms. The average molecular weight is 251 g/mol. The number of halogens is 1. The highest BCUT2D eigenvalue weighted by molar-refractivity contribution is 9.09. The molecule has 1 atom stereocenters. The van der Waals surface area contributed by atoms with E-state index < -0.39 is 0 Å². The number of ether oxygens (including phenoxy) is 2. The Labute approximate surface area is 87.2 Å². The third-order valence-corrected chi connectivity index (χ3v) is 1.42. The monoisotopic (exact) mass is 250 g/mol. The van der Waals surface area contributed by atoms with Crippen LogP contribution >= 0.6 is 15.9 Å². The summed E-state index contributed by atoms with van der Waals surface area (Å²) in [4.78, 5) is 11.2. The molecule has 0 rings (SSSR count). The highest BCUT2D eigenvalue weighted by Gasteiger charge is 2.02. The van der Waals surface area contributed by atoms with Gasteiger partial charge in [-0.25, -0.2) is 4.79 Å². The van der Waals surface area contributed by atoms with Crippen LogP contribution in [0.3, 0.4) is 0 Å². The minimum atomic E-state index is -0.365. The molecule has 4 heteroatoms. The molecule has 0 radical (unpaired) electrons. The quantitative estimate of drug-likeness (QED) is 0.313. The smallest absolute Gasteiger partial charge is 0.333 e. The molecule has 0 fully saturated rings. The highest BCUT2D eigenvalue weighted by atomic mass is 79.9. The molecular formula is C9H15BrO3. The number of esters is 1. The lowest BCUT2D eigenvalue weighted by Crippen LogP contribution is -2.13. The van der Waals surface area contributed by atoms with Crippen molar-refractivity contribution in [2.24, 2.45) is 0 Å². The summed E-state index contributed by atoms with van der Waals surface area (Å²) in [7, 11) is 0. The zero-order chi connectivity index (χ0) is 10.3. The fourth-order valence-electron chi connectivity index (χ4n) is 0.562. The van der Waals surface area contributed by atoms with Gasteiger partial charge in [0, 0.05) is 10.4 Å². The topological polar surface area (TPSA) is 35.5 Å². The normalized spacial score (nSPS) is 12.2. The van der Waals surface area contributed by atoms with E-state index in [1.165, 1.54) is 0 Å². The van der Waals surface area contributed by atoms with E-state index >= 15 is 0 Å². The molecule has 0 aromatic heterocycles. The Morgan fingerprint density at radius 1 is 1.54 bits per heavy atom. The zero-order valence-electron chi connectivity index (χ0n) is 8.01. The molecule has 0 aliphatic heterocycles. The van der Waals surface area contributed by atoms with Crippen molar-refractivity contribution in [1.82, 2.24) is 0 Å². The van der Waals surface area contributed by atoms with Crippen molar-refractivity contribution in [3.05, 3.63) is 12.2 Å². The van der Waals surface area contributed by atoms with Gasteiger partial charge in [0.25, 0.3) is 0 Å². The van der Waals surface area contributed by atoms with Gasteiger partial charge in [0.2, 0.25) is 0 Å². The Morgan fingerprint density at radius 2 is 2.15 bits per heavy atom. The predicted molar refractivity (Wildman–Crippen MR) is 55.0 cm³/mol. The standard InChI is InChI=1S/C9H15BrO3/c1-7(2)9(11)13-5-4-12-6-8(3)10/h8H,1,4-6H2,2-3H3. The first kappa shape index (κ1) is 12.7. The second-order valence-corrected chi connectivity index (χ2v) is 4.34. The number of carbonyl (C=O) groups excluding carboxylic acids is 1. The van der Waals surface area contributed by atoms with Crippen LogP contribution in [0.25, 0.3) is 0 Å². The molecule has 0 heterocycles. The molecule has 0 amide bonds. The lowest BCUT2D eigenvalue weighted by Gasteiger charge is -2.06. The minimum absolute atomic E-state index is 0.283. The van der Waals surface area contributed by atoms with Gasteiger partial charge in [-0.15, -0.1) is 0 Å². The number of rotatable bonds is 6. The average Bonchev–Trinajstić information content (AvgIpc) is 2.02. The maximum Gasteiger partial charge on any atom is 0.333 e. The number of hydrogen-bond acceptors (Lipinski definition) is 3. The van der Waals surface area contributed by atoms with Gasteiger partial charge < -0.3 is 9.47 Å². The Kier molecular flexibility index (Phi) is 6.90. The predicted octanol–water partition coefficient (Wildman–Crippen LogP) is 1.91. The van der Waals surface area contributed by atoms with Crippen molar-refractivity contribution in [2.45, 2.75) is 18.7 Å². The molecule has 0 saturated heterocycles. The van der Waals surface area contributed by atoms with Crippen molar-refractivity contribution in [2.75, 3.05) is 19.8 Å². The molecule has 13 heavy (non-hydrogen) atoms. The van der Waals surface area contributed by atoms with Gasteiger partial charge in [-0.05, 0) is 6.92 Å². The minimum Gasteiger partial charge on any atom is -0.460 e. The molecule has 76 valence electrons. The van der Waals surface area contributed by atoms with E-state index in [9.17, 15) is 4.79 Å². The summed E-state index contributed by atoms with van der Waals surface area (Å²) < 4.78 is 9.98. The lowest BCUT2D eigenvalue weighted by molar-refractivity contribution is -0.140. The molecule has 0 aromatic carbocycles. The van der Waals surface area contributed by atoms with Gasteiger partial charge in [0.1, 0.15) is 6.61 Å². The first-order valence-corrected chi connectivity index (χ1v) is 5.00. The van der Waals surface area contributed by atoms with Crippen LogP contribution in [0.2, 0.25) is 0 Å². The Bertz CT molecular complexity index is 178. The SMILES string of the molecule is C=C(C)C(=O)OCCOCC(C)Br. The third-order valence-electron chi connectivity index (χ3n) is 1.16. The summed E-state index contributed by atoms with van der Waals surface area (Å²) in [6.07, 6.45) is 0. The molecule has 0 spiro atoms. The molecule has 0 aromatic rings. The van der Waals surface area contributed by atoms with Crippen LogP contribution in [0.4, 0.5) is 0 Å². The van der Waals surface area contributed by atoms with Crippen molar-refractivity contribution in [3.63, 3.8) is 0 Å². The summed E-state index contributed by atoms with van der Waals surface area (Å²) >= 11 is 3.33. The van der Waals surface area contributed by atoms with Crippen LogP contribution in [0.1, 0.15) is 13.8 Å². The number of hydrogen-bond donors (Lipinski definition) is 0. The maximum atomic E-state index is 10.9. The second kappa shape index (κ2) is 7.09. The fraction of sp³-hybridized carbons (Fsp3) is 0.667. The number of alkyl halides is 1. The fourth-order valence-corrected chi connectivity index (χ4v) is 0.749. The van der Waals surface area contributed by atoms with Crippen LogP contribution in [0.15, 0.2) is 12.2 Å². The molecule has 0 N–H and O–H groups in total. The summed E-state index contributed by atoms with van der Waals surface area (Å²) in [5.41, 5.74) is 0.411. The molecule has 0 aliphatic rings. The van der Waals surface area contributed by atoms with Gasteiger partial charge in [0.15, 0.2) is 0 Å². The van der Waals surface area contributed by atoms with Crippen molar-refractivity contribution in [3.8, 4) is 0 Å². The zero-order valence-corrected chi connectivity index (χ0v) is 9.59. The Morgan fingerprint density at radius 3 is 2.62 bits per heavy atom. The van der Waals surface area contributed by atoms with E-state index in [0.717, 1.165) is 0 Å². The summed E-state index contributed by atoms with van der Waals surface area (Å²) in [5.74, 6) is -0.365.